The smallest absolute Gasteiger partial charge is 0.271 e. The molecule has 2 amide bonds. The monoisotopic (exact) mass is 411 g/mol. The predicted molar refractivity (Wildman–Crippen MR) is 98.1 cm³/mol. The van der Waals surface area contributed by atoms with Crippen LogP contribution in [-0.4, -0.2) is 26.3 Å². The summed E-state index contributed by atoms with van der Waals surface area (Å²) in [6.45, 7) is 1.29. The van der Waals surface area contributed by atoms with Crippen molar-refractivity contribution in [1.29, 1.82) is 0 Å². The van der Waals surface area contributed by atoms with Gasteiger partial charge >= 0.3 is 0 Å². The molecule has 27 heavy (non-hydrogen) atoms. The van der Waals surface area contributed by atoms with Crippen molar-refractivity contribution in [1.82, 2.24) is 15.6 Å². The molecule has 1 atom stereocenters. The number of carbonyl (C=O) groups is 2. The minimum Gasteiger partial charge on any atom is -0.271 e. The number of hydrogen-bond donors (Lipinski definition) is 3. The molecule has 144 valence electrons. The standard InChI is InChI=1S/C17H18FN3O4S2/c1-10(21-27(24,25)15-8-3-2-6-12(15)18)16(22)19-20-17(23)14-9-11-5-4-7-13(11)26-14/h2-3,6,8-10,21H,4-5,7H2,1H3,(H,19,22)(H,20,23)/t10-/m0/s1. The van der Waals surface area contributed by atoms with E-state index in [4.69, 9.17) is 0 Å². The molecule has 0 bridgehead atoms. The number of fused-ring (bicyclic) bond motifs is 1. The molecule has 0 saturated heterocycles. The lowest BCUT2D eigenvalue weighted by atomic mass is 10.2. The highest BCUT2D eigenvalue weighted by Crippen LogP contribution is 2.30. The quantitative estimate of drug-likeness (QED) is 0.649. The Kier molecular flexibility index (Phi) is 5.59. The van der Waals surface area contributed by atoms with Gasteiger partial charge in [-0.25, -0.2) is 12.8 Å². The van der Waals surface area contributed by atoms with E-state index in [0.717, 1.165) is 37.0 Å². The van der Waals surface area contributed by atoms with Gasteiger partial charge in [-0.3, -0.25) is 20.4 Å². The Morgan fingerprint density at radius 1 is 1.19 bits per heavy atom. The molecule has 0 fully saturated rings. The Morgan fingerprint density at radius 2 is 1.93 bits per heavy atom. The summed E-state index contributed by atoms with van der Waals surface area (Å²) in [5.74, 6) is -2.16. The van der Waals surface area contributed by atoms with Crippen molar-refractivity contribution in [2.75, 3.05) is 0 Å². The summed E-state index contributed by atoms with van der Waals surface area (Å²) in [7, 11) is -4.22. The maximum atomic E-state index is 13.7. The van der Waals surface area contributed by atoms with E-state index in [-0.39, 0.29) is 0 Å². The van der Waals surface area contributed by atoms with Crippen LogP contribution < -0.4 is 15.6 Å². The summed E-state index contributed by atoms with van der Waals surface area (Å²) in [5, 5.41) is 0. The van der Waals surface area contributed by atoms with Gasteiger partial charge in [-0.1, -0.05) is 12.1 Å². The van der Waals surface area contributed by atoms with Crippen molar-refractivity contribution in [2.45, 2.75) is 37.1 Å². The summed E-state index contributed by atoms with van der Waals surface area (Å²) in [5.41, 5.74) is 5.61. The third-order valence-corrected chi connectivity index (χ3v) is 6.93. The van der Waals surface area contributed by atoms with Crippen molar-refractivity contribution in [3.8, 4) is 0 Å². The molecule has 1 heterocycles. The Labute approximate surface area is 160 Å². The molecule has 0 saturated carbocycles. The molecule has 1 aromatic carbocycles. The number of rotatable bonds is 5. The summed E-state index contributed by atoms with van der Waals surface area (Å²) in [4.78, 5) is 25.3. The second-order valence-corrected chi connectivity index (χ2v) is 8.95. The van der Waals surface area contributed by atoms with Gasteiger partial charge in [-0.2, -0.15) is 4.72 Å². The molecule has 0 spiro atoms. The van der Waals surface area contributed by atoms with Crippen LogP contribution in [0.15, 0.2) is 35.2 Å². The van der Waals surface area contributed by atoms with Gasteiger partial charge in [-0.15, -0.1) is 11.3 Å². The van der Waals surface area contributed by atoms with Crippen molar-refractivity contribution >= 4 is 33.2 Å². The molecule has 1 aromatic heterocycles. The molecule has 3 N–H and O–H groups in total. The van der Waals surface area contributed by atoms with Crippen molar-refractivity contribution in [3.63, 3.8) is 0 Å². The zero-order chi connectivity index (χ0) is 19.6. The number of hydrogen-bond acceptors (Lipinski definition) is 5. The molecule has 2 aromatic rings. The molecule has 3 rings (SSSR count). The third kappa shape index (κ3) is 4.34. The second-order valence-electron chi connectivity index (χ2n) is 6.13. The van der Waals surface area contributed by atoms with Gasteiger partial charge in [0, 0.05) is 4.88 Å². The maximum Gasteiger partial charge on any atom is 0.279 e. The largest absolute Gasteiger partial charge is 0.279 e. The van der Waals surface area contributed by atoms with Crippen molar-refractivity contribution < 1.29 is 22.4 Å². The summed E-state index contributed by atoms with van der Waals surface area (Å²) >= 11 is 1.38. The first-order valence-electron chi connectivity index (χ1n) is 8.26. The normalized spacial score (nSPS) is 14.4. The third-order valence-electron chi connectivity index (χ3n) is 4.12. The Morgan fingerprint density at radius 3 is 2.63 bits per heavy atom. The number of carbonyl (C=O) groups excluding carboxylic acids is 2. The van der Waals surface area contributed by atoms with E-state index < -0.39 is 38.6 Å². The summed E-state index contributed by atoms with van der Waals surface area (Å²) in [6, 6.07) is 5.43. The minimum atomic E-state index is -4.22. The number of sulfonamides is 1. The predicted octanol–water partition coefficient (Wildman–Crippen LogP) is 1.50. The van der Waals surface area contributed by atoms with Crippen molar-refractivity contribution in [3.05, 3.63) is 51.5 Å². The van der Waals surface area contributed by atoms with Gasteiger partial charge < -0.3 is 0 Å². The van der Waals surface area contributed by atoms with Crippen LogP contribution in [0.5, 0.6) is 0 Å². The Hall–Kier alpha value is -2.30. The van der Waals surface area contributed by atoms with Crippen LogP contribution in [0.25, 0.3) is 0 Å². The van der Waals surface area contributed by atoms with E-state index in [1.165, 1.54) is 35.3 Å². The fraction of sp³-hybridized carbons (Fsp3) is 0.294. The highest BCUT2D eigenvalue weighted by Gasteiger charge is 2.25. The van der Waals surface area contributed by atoms with Crippen LogP contribution in [0.1, 0.15) is 33.5 Å². The lowest BCUT2D eigenvalue weighted by molar-refractivity contribution is -0.123. The zero-order valence-electron chi connectivity index (χ0n) is 14.4. The van der Waals surface area contributed by atoms with E-state index in [2.05, 4.69) is 15.6 Å². The van der Waals surface area contributed by atoms with Gasteiger partial charge in [-0.05, 0) is 49.9 Å². The van der Waals surface area contributed by atoms with Crippen molar-refractivity contribution in [2.24, 2.45) is 0 Å². The number of nitrogens with one attached hydrogen (secondary N) is 3. The van der Waals surface area contributed by atoms with E-state index in [1.54, 1.807) is 6.07 Å². The highest BCUT2D eigenvalue weighted by atomic mass is 32.2. The first kappa shape index (κ1) is 19.5. The first-order chi connectivity index (χ1) is 12.8. The van der Waals surface area contributed by atoms with E-state index in [0.29, 0.717) is 4.88 Å². The average molecular weight is 411 g/mol. The summed E-state index contributed by atoms with van der Waals surface area (Å²) in [6.07, 6.45) is 2.98. The Bertz CT molecular complexity index is 966. The van der Waals surface area contributed by atoms with Gasteiger partial charge in [0.2, 0.25) is 10.0 Å². The molecule has 1 aliphatic rings. The maximum absolute atomic E-state index is 13.7. The van der Waals surface area contributed by atoms with Crippen LogP contribution in [0.3, 0.4) is 0 Å². The number of thiophene rings is 1. The second kappa shape index (κ2) is 7.75. The number of amides is 2. The average Bonchev–Trinajstić information content (AvgIpc) is 3.21. The lowest BCUT2D eigenvalue weighted by Crippen LogP contribution is -2.51. The molecular formula is C17H18FN3O4S2. The molecule has 0 unspecified atom stereocenters. The minimum absolute atomic E-state index is 0.466. The summed E-state index contributed by atoms with van der Waals surface area (Å²) < 4.78 is 40.1. The van der Waals surface area contributed by atoms with Gasteiger partial charge in [0.05, 0.1) is 10.9 Å². The first-order valence-corrected chi connectivity index (χ1v) is 10.6. The molecule has 7 nitrogen and oxygen atoms in total. The van der Waals surface area contributed by atoms with Crippen LogP contribution in [-0.2, 0) is 27.7 Å². The van der Waals surface area contributed by atoms with E-state index >= 15 is 0 Å². The van der Waals surface area contributed by atoms with E-state index in [9.17, 15) is 22.4 Å². The number of hydrazine groups is 1. The van der Waals surface area contributed by atoms with Crippen LogP contribution in [0, 0.1) is 5.82 Å². The molecular weight excluding hydrogens is 393 g/mol. The van der Waals surface area contributed by atoms with Crippen LogP contribution in [0.2, 0.25) is 0 Å². The fourth-order valence-corrected chi connectivity index (χ4v) is 5.17. The highest BCUT2D eigenvalue weighted by molar-refractivity contribution is 7.89. The SMILES string of the molecule is C[C@H](NS(=O)(=O)c1ccccc1F)C(=O)NNC(=O)c1cc2c(s1)CCC2. The zero-order valence-corrected chi connectivity index (χ0v) is 16.0. The molecule has 0 radical (unpaired) electrons. The number of benzene rings is 1. The van der Waals surface area contributed by atoms with Crippen LogP contribution >= 0.6 is 11.3 Å². The fourth-order valence-electron chi connectivity index (χ4n) is 2.74. The molecule has 1 aliphatic carbocycles. The number of aryl methyl sites for hydroxylation is 2. The molecule has 0 aliphatic heterocycles. The van der Waals surface area contributed by atoms with Crippen LogP contribution in [0.4, 0.5) is 4.39 Å². The number of halogens is 1. The Balaban J connectivity index is 1.57. The molecule has 10 heteroatoms. The van der Waals surface area contributed by atoms with E-state index in [1.807, 2.05) is 0 Å². The topological polar surface area (TPSA) is 104 Å². The van der Waals surface area contributed by atoms with Gasteiger partial charge in [0.15, 0.2) is 0 Å². The van der Waals surface area contributed by atoms with Gasteiger partial charge in [0.1, 0.15) is 10.7 Å². The lowest BCUT2D eigenvalue weighted by Gasteiger charge is -2.15. The van der Waals surface area contributed by atoms with Gasteiger partial charge in [0.25, 0.3) is 11.8 Å².